The molecule has 0 bridgehead atoms. The summed E-state index contributed by atoms with van der Waals surface area (Å²) in [4.78, 5) is 25.8. The summed E-state index contributed by atoms with van der Waals surface area (Å²) in [6.07, 6.45) is 1.98. The molecular weight excluding hydrogens is 256 g/mol. The van der Waals surface area contributed by atoms with Crippen LogP contribution in [0.2, 0.25) is 0 Å². The van der Waals surface area contributed by atoms with Gasteiger partial charge in [0.15, 0.2) is 0 Å². The van der Waals surface area contributed by atoms with Gasteiger partial charge in [-0.2, -0.15) is 0 Å². The fourth-order valence-corrected chi connectivity index (χ4v) is 2.49. The molecule has 0 aliphatic carbocycles. The summed E-state index contributed by atoms with van der Waals surface area (Å²) in [6, 6.07) is -0.984. The minimum absolute atomic E-state index is 0.0921. The highest BCUT2D eigenvalue weighted by Gasteiger charge is 2.41. The van der Waals surface area contributed by atoms with Crippen LogP contribution in [0.4, 0.5) is 0 Å². The average Bonchev–Trinajstić information content (AvgIpc) is 2.64. The second-order valence-corrected chi connectivity index (χ2v) is 5.95. The van der Waals surface area contributed by atoms with Crippen molar-refractivity contribution in [2.45, 2.75) is 53.1 Å². The van der Waals surface area contributed by atoms with Crippen LogP contribution in [0.15, 0.2) is 11.8 Å². The lowest BCUT2D eigenvalue weighted by atomic mass is 9.99. The number of nitrogens with zero attached hydrogens (tertiary/aromatic N) is 1. The van der Waals surface area contributed by atoms with E-state index in [1.54, 1.807) is 0 Å². The molecule has 5 nitrogen and oxygen atoms in total. The fraction of sp³-hybridized carbons (Fsp3) is 0.733. The molecule has 0 aromatic carbocycles. The van der Waals surface area contributed by atoms with Crippen molar-refractivity contribution in [2.75, 3.05) is 6.61 Å². The fourth-order valence-electron chi connectivity index (χ4n) is 2.49. The van der Waals surface area contributed by atoms with Gasteiger partial charge in [0.25, 0.3) is 5.91 Å². The summed E-state index contributed by atoms with van der Waals surface area (Å²) in [5, 5.41) is 0. The first-order chi connectivity index (χ1) is 9.29. The second kappa shape index (κ2) is 6.88. The van der Waals surface area contributed by atoms with Crippen LogP contribution in [0, 0.1) is 11.8 Å². The number of amides is 2. The molecule has 20 heavy (non-hydrogen) atoms. The molecule has 0 spiro atoms. The molecule has 2 N–H and O–H groups in total. The van der Waals surface area contributed by atoms with Crippen LogP contribution in [0.3, 0.4) is 0 Å². The van der Waals surface area contributed by atoms with E-state index in [4.69, 9.17) is 10.5 Å². The van der Waals surface area contributed by atoms with Crippen molar-refractivity contribution in [2.24, 2.45) is 17.6 Å². The van der Waals surface area contributed by atoms with E-state index in [-0.39, 0.29) is 23.8 Å². The first kappa shape index (κ1) is 16.7. The summed E-state index contributed by atoms with van der Waals surface area (Å²) in [5.41, 5.74) is 5.93. The number of hydrogen-bond donors (Lipinski definition) is 1. The summed E-state index contributed by atoms with van der Waals surface area (Å²) in [6.45, 7) is 10.3. The molecule has 2 amide bonds. The van der Waals surface area contributed by atoms with Crippen LogP contribution in [0.1, 0.15) is 41.0 Å². The van der Waals surface area contributed by atoms with Crippen LogP contribution >= 0.6 is 0 Å². The normalized spacial score (nSPS) is 20.6. The lowest BCUT2D eigenvalue weighted by molar-refractivity contribution is -0.145. The lowest BCUT2D eigenvalue weighted by Crippen LogP contribution is -2.51. The van der Waals surface area contributed by atoms with Gasteiger partial charge in [0.2, 0.25) is 5.91 Å². The van der Waals surface area contributed by atoms with Gasteiger partial charge in [-0.3, -0.25) is 14.5 Å². The van der Waals surface area contributed by atoms with Crippen LogP contribution in [0.5, 0.6) is 0 Å². The molecule has 0 radical (unpaired) electrons. The van der Waals surface area contributed by atoms with E-state index in [1.165, 1.54) is 11.0 Å². The van der Waals surface area contributed by atoms with Gasteiger partial charge in [-0.25, -0.2) is 0 Å². The summed E-state index contributed by atoms with van der Waals surface area (Å²) < 4.78 is 5.49. The molecule has 0 unspecified atom stereocenters. The molecule has 0 aromatic rings. The Morgan fingerprint density at radius 1 is 1.40 bits per heavy atom. The third kappa shape index (κ3) is 3.60. The number of hydrogen-bond acceptors (Lipinski definition) is 4. The highest BCUT2D eigenvalue weighted by Crippen LogP contribution is 2.28. The maximum Gasteiger partial charge on any atom is 0.257 e. The molecule has 114 valence electrons. The highest BCUT2D eigenvalue weighted by molar-refractivity contribution is 6.05. The molecule has 0 aromatic heterocycles. The molecule has 2 atom stereocenters. The Kier molecular flexibility index (Phi) is 5.74. The highest BCUT2D eigenvalue weighted by atomic mass is 16.5. The molecule has 5 heteroatoms. The number of nitrogens with two attached hydrogens (primary N) is 1. The maximum absolute atomic E-state index is 12.4. The van der Waals surface area contributed by atoms with Crippen molar-refractivity contribution >= 4 is 11.8 Å². The third-order valence-corrected chi connectivity index (χ3v) is 3.30. The van der Waals surface area contributed by atoms with E-state index in [1.807, 2.05) is 34.6 Å². The standard InChI is InChI=1S/C15H26N2O3/c1-6-20-12-8-13(18)17(14(12)10(4)5)15(19)11(16)7-9(2)3/h8-11,14H,6-7,16H2,1-5H3/t11-,14-/m0/s1. The Labute approximate surface area is 121 Å². The number of imide groups is 1. The van der Waals surface area contributed by atoms with E-state index < -0.39 is 6.04 Å². The summed E-state index contributed by atoms with van der Waals surface area (Å²) >= 11 is 0. The van der Waals surface area contributed by atoms with Crippen molar-refractivity contribution in [1.82, 2.24) is 4.90 Å². The minimum atomic E-state index is -0.644. The number of carbonyl (C=O) groups excluding carboxylic acids is 2. The van der Waals surface area contributed by atoms with Crippen LogP contribution in [-0.2, 0) is 14.3 Å². The first-order valence-electron chi connectivity index (χ1n) is 7.26. The predicted molar refractivity (Wildman–Crippen MR) is 77.6 cm³/mol. The molecule has 1 rings (SSSR count). The van der Waals surface area contributed by atoms with Crippen molar-refractivity contribution in [3.05, 3.63) is 11.8 Å². The zero-order valence-electron chi connectivity index (χ0n) is 13.1. The quantitative estimate of drug-likeness (QED) is 0.804. The van der Waals surface area contributed by atoms with Crippen molar-refractivity contribution in [3.63, 3.8) is 0 Å². The van der Waals surface area contributed by atoms with Crippen molar-refractivity contribution < 1.29 is 14.3 Å². The largest absolute Gasteiger partial charge is 0.496 e. The molecule has 1 aliphatic rings. The monoisotopic (exact) mass is 282 g/mol. The van der Waals surface area contributed by atoms with E-state index in [2.05, 4.69) is 0 Å². The van der Waals surface area contributed by atoms with Gasteiger partial charge in [0.05, 0.1) is 18.7 Å². The smallest absolute Gasteiger partial charge is 0.257 e. The Morgan fingerprint density at radius 2 is 2.00 bits per heavy atom. The maximum atomic E-state index is 12.4. The predicted octanol–water partition coefficient (Wildman–Crippen LogP) is 1.67. The topological polar surface area (TPSA) is 72.6 Å². The van der Waals surface area contributed by atoms with E-state index in [9.17, 15) is 9.59 Å². The SMILES string of the molecule is CCOC1=CC(=O)N(C(=O)[C@@H](N)CC(C)C)[C@H]1C(C)C. The Balaban J connectivity index is 2.93. The lowest BCUT2D eigenvalue weighted by Gasteiger charge is -2.30. The van der Waals surface area contributed by atoms with Crippen LogP contribution in [-0.4, -0.2) is 35.4 Å². The van der Waals surface area contributed by atoms with Gasteiger partial charge >= 0.3 is 0 Å². The van der Waals surface area contributed by atoms with E-state index in [0.717, 1.165) is 0 Å². The number of carbonyl (C=O) groups is 2. The van der Waals surface area contributed by atoms with Gasteiger partial charge in [-0.05, 0) is 25.2 Å². The molecule has 1 aliphatic heterocycles. The minimum Gasteiger partial charge on any atom is -0.496 e. The second-order valence-electron chi connectivity index (χ2n) is 5.95. The van der Waals surface area contributed by atoms with Crippen LogP contribution in [0.25, 0.3) is 0 Å². The van der Waals surface area contributed by atoms with Gasteiger partial charge < -0.3 is 10.5 Å². The van der Waals surface area contributed by atoms with E-state index >= 15 is 0 Å². The van der Waals surface area contributed by atoms with Gasteiger partial charge in [-0.15, -0.1) is 0 Å². The molecule has 1 heterocycles. The van der Waals surface area contributed by atoms with Crippen molar-refractivity contribution in [1.29, 1.82) is 0 Å². The summed E-state index contributed by atoms with van der Waals surface area (Å²) in [7, 11) is 0. The van der Waals surface area contributed by atoms with Gasteiger partial charge in [0, 0.05) is 6.08 Å². The number of ether oxygens (including phenoxy) is 1. The Hall–Kier alpha value is -1.36. The zero-order chi connectivity index (χ0) is 15.4. The number of rotatable bonds is 6. The molecule has 0 saturated heterocycles. The molecular formula is C15H26N2O3. The molecule has 0 saturated carbocycles. The van der Waals surface area contributed by atoms with Crippen LogP contribution < -0.4 is 5.73 Å². The molecule has 0 fully saturated rings. The van der Waals surface area contributed by atoms with Crippen molar-refractivity contribution in [3.8, 4) is 0 Å². The average molecular weight is 282 g/mol. The van der Waals surface area contributed by atoms with Gasteiger partial charge in [0.1, 0.15) is 5.76 Å². The Bertz CT molecular complexity index is 402. The van der Waals surface area contributed by atoms with E-state index in [0.29, 0.717) is 24.7 Å². The zero-order valence-corrected chi connectivity index (χ0v) is 13.1. The Morgan fingerprint density at radius 3 is 2.45 bits per heavy atom. The first-order valence-corrected chi connectivity index (χ1v) is 7.26. The van der Waals surface area contributed by atoms with Gasteiger partial charge in [-0.1, -0.05) is 27.7 Å². The third-order valence-electron chi connectivity index (χ3n) is 3.30. The summed E-state index contributed by atoms with van der Waals surface area (Å²) in [5.74, 6) is 0.334.